The summed E-state index contributed by atoms with van der Waals surface area (Å²) in [6, 6.07) is 25.5. The van der Waals surface area contributed by atoms with Gasteiger partial charge in [0.15, 0.2) is 11.2 Å². The molecule has 4 nitrogen and oxygen atoms in total. The highest BCUT2D eigenvalue weighted by molar-refractivity contribution is 6.04. The molecule has 0 bridgehead atoms. The molecule has 2 aliphatic rings. The third-order valence-corrected chi connectivity index (χ3v) is 6.47. The molecule has 0 amide bonds. The molecule has 0 spiro atoms. The predicted octanol–water partition coefficient (Wildman–Crippen LogP) is 5.11. The fraction of sp³-hybridized carbons (Fsp3) is 0.148. The van der Waals surface area contributed by atoms with Gasteiger partial charge in [0.05, 0.1) is 18.2 Å². The summed E-state index contributed by atoms with van der Waals surface area (Å²) in [6.07, 6.45) is 3.76. The van der Waals surface area contributed by atoms with Crippen LogP contribution in [0.4, 0.5) is 10.1 Å². The number of Topliss-reactive ketones (excluding diaryl/α,β-unsaturated/α-hetero) is 1. The number of ketones is 1. The van der Waals surface area contributed by atoms with Gasteiger partial charge in [0, 0.05) is 17.2 Å². The van der Waals surface area contributed by atoms with Crippen molar-refractivity contribution in [3.8, 4) is 12.1 Å². The Morgan fingerprint density at radius 2 is 1.56 bits per heavy atom. The Labute approximate surface area is 185 Å². The molecule has 0 radical (unpaired) electrons. The number of benzene rings is 3. The molecule has 2 aliphatic heterocycles. The van der Waals surface area contributed by atoms with Gasteiger partial charge in [0.2, 0.25) is 0 Å². The van der Waals surface area contributed by atoms with E-state index in [-0.39, 0.29) is 5.78 Å². The van der Waals surface area contributed by atoms with Crippen molar-refractivity contribution >= 4 is 17.5 Å². The van der Waals surface area contributed by atoms with Crippen molar-refractivity contribution in [2.75, 3.05) is 4.90 Å². The molecule has 0 unspecified atom stereocenters. The fourth-order valence-corrected chi connectivity index (χ4v) is 5.05. The lowest BCUT2D eigenvalue weighted by atomic mass is 9.69. The second-order valence-corrected chi connectivity index (χ2v) is 8.07. The van der Waals surface area contributed by atoms with Crippen LogP contribution in [0, 0.1) is 33.9 Å². The molecule has 0 saturated carbocycles. The Morgan fingerprint density at radius 1 is 0.906 bits per heavy atom. The van der Waals surface area contributed by atoms with Crippen molar-refractivity contribution in [3.05, 3.63) is 107 Å². The lowest BCUT2D eigenvalue weighted by Crippen LogP contribution is -2.44. The molecule has 32 heavy (non-hydrogen) atoms. The van der Waals surface area contributed by atoms with Crippen molar-refractivity contribution in [1.29, 1.82) is 10.5 Å². The standard InChI is InChI=1S/C27H18FN3O/c28-21-13-10-20(11-14-21)26(32)25-24(19-7-2-1-3-8-19)27(16-29,17-30)23-15-12-18-6-4-5-9-22(18)31(23)25/h1-15,23-25H/t23-,24+,25+/m0/s1. The van der Waals surface area contributed by atoms with Crippen LogP contribution in [-0.2, 0) is 0 Å². The van der Waals surface area contributed by atoms with Crippen LogP contribution >= 0.6 is 0 Å². The zero-order valence-corrected chi connectivity index (χ0v) is 17.0. The summed E-state index contributed by atoms with van der Waals surface area (Å²) in [5, 5.41) is 20.7. The molecule has 3 atom stereocenters. The molecule has 0 N–H and O–H groups in total. The summed E-state index contributed by atoms with van der Waals surface area (Å²) in [7, 11) is 0. The van der Waals surface area contributed by atoms with Gasteiger partial charge in [-0.3, -0.25) is 4.79 Å². The van der Waals surface area contributed by atoms with Crippen LogP contribution < -0.4 is 4.90 Å². The summed E-state index contributed by atoms with van der Waals surface area (Å²) in [6.45, 7) is 0. The lowest BCUT2D eigenvalue weighted by molar-refractivity contribution is 0.0951. The molecule has 3 aromatic carbocycles. The zero-order chi connectivity index (χ0) is 22.3. The van der Waals surface area contributed by atoms with Crippen LogP contribution in [0.5, 0.6) is 0 Å². The molecular formula is C27H18FN3O. The maximum absolute atomic E-state index is 13.9. The third kappa shape index (κ3) is 2.76. The minimum atomic E-state index is -1.48. The number of hydrogen-bond acceptors (Lipinski definition) is 4. The van der Waals surface area contributed by atoms with E-state index in [1.54, 1.807) is 0 Å². The highest BCUT2D eigenvalue weighted by atomic mass is 19.1. The molecule has 5 heteroatoms. The molecule has 2 heterocycles. The molecule has 1 fully saturated rings. The van der Waals surface area contributed by atoms with E-state index < -0.39 is 29.2 Å². The van der Waals surface area contributed by atoms with Crippen molar-refractivity contribution in [2.24, 2.45) is 5.41 Å². The first-order chi connectivity index (χ1) is 15.6. The van der Waals surface area contributed by atoms with E-state index in [1.165, 1.54) is 24.3 Å². The molecule has 0 aliphatic carbocycles. The molecular weight excluding hydrogens is 401 g/mol. The highest BCUT2D eigenvalue weighted by Gasteiger charge is 2.63. The van der Waals surface area contributed by atoms with E-state index in [0.717, 1.165) is 16.8 Å². The third-order valence-electron chi connectivity index (χ3n) is 6.47. The number of para-hydroxylation sites is 1. The van der Waals surface area contributed by atoms with Crippen LogP contribution in [0.3, 0.4) is 0 Å². The van der Waals surface area contributed by atoms with Crippen LogP contribution in [0.25, 0.3) is 6.08 Å². The van der Waals surface area contributed by atoms with E-state index >= 15 is 0 Å². The minimum absolute atomic E-state index is 0.249. The number of fused-ring (bicyclic) bond motifs is 3. The largest absolute Gasteiger partial charge is 0.351 e. The van der Waals surface area contributed by atoms with Gasteiger partial charge in [-0.25, -0.2) is 4.39 Å². The van der Waals surface area contributed by atoms with Crippen LogP contribution in [-0.4, -0.2) is 17.9 Å². The normalized spacial score (nSPS) is 22.3. The Bertz CT molecular complexity index is 1290. The van der Waals surface area contributed by atoms with Gasteiger partial charge in [0.1, 0.15) is 11.9 Å². The SMILES string of the molecule is N#CC1(C#N)[C@H](c2ccccc2)[C@H](C(=O)c2ccc(F)cc2)N2c3ccccc3C=C[C@H]21. The maximum Gasteiger partial charge on any atom is 0.185 e. The van der Waals surface area contributed by atoms with Gasteiger partial charge >= 0.3 is 0 Å². The molecule has 3 aromatic rings. The molecule has 0 aromatic heterocycles. The Kier molecular flexibility index (Phi) is 4.61. The number of hydrogen-bond donors (Lipinski definition) is 0. The fourth-order valence-electron chi connectivity index (χ4n) is 5.05. The van der Waals surface area contributed by atoms with Gasteiger partial charge < -0.3 is 4.90 Å². The van der Waals surface area contributed by atoms with Crippen molar-refractivity contribution in [3.63, 3.8) is 0 Å². The summed E-state index contributed by atoms with van der Waals surface area (Å²) in [5.41, 5.74) is 1.32. The minimum Gasteiger partial charge on any atom is -0.351 e. The maximum atomic E-state index is 13.9. The first kappa shape index (κ1) is 19.7. The first-order valence-electron chi connectivity index (χ1n) is 10.3. The average Bonchev–Trinajstić information content (AvgIpc) is 3.15. The van der Waals surface area contributed by atoms with Gasteiger partial charge in [-0.2, -0.15) is 10.5 Å². The number of rotatable bonds is 3. The molecule has 154 valence electrons. The number of halogens is 1. The Hall–Kier alpha value is -4.22. The number of nitrogens with zero attached hydrogens (tertiary/aromatic N) is 3. The predicted molar refractivity (Wildman–Crippen MR) is 119 cm³/mol. The topological polar surface area (TPSA) is 67.9 Å². The van der Waals surface area contributed by atoms with Crippen molar-refractivity contribution < 1.29 is 9.18 Å². The number of anilines is 1. The Balaban J connectivity index is 1.78. The summed E-state index contributed by atoms with van der Waals surface area (Å²) < 4.78 is 13.5. The smallest absolute Gasteiger partial charge is 0.185 e. The number of carbonyl (C=O) groups is 1. The van der Waals surface area contributed by atoms with E-state index in [1.807, 2.05) is 71.6 Å². The molecule has 5 rings (SSSR count). The van der Waals surface area contributed by atoms with Crippen LogP contribution in [0.15, 0.2) is 84.9 Å². The van der Waals surface area contributed by atoms with Gasteiger partial charge in [-0.1, -0.05) is 60.7 Å². The second kappa shape index (κ2) is 7.48. The quantitative estimate of drug-likeness (QED) is 0.553. The number of nitriles is 2. The van der Waals surface area contributed by atoms with Gasteiger partial charge in [-0.05, 0) is 41.5 Å². The molecule has 1 saturated heterocycles. The van der Waals surface area contributed by atoms with E-state index in [9.17, 15) is 19.7 Å². The zero-order valence-electron chi connectivity index (χ0n) is 17.0. The van der Waals surface area contributed by atoms with E-state index in [4.69, 9.17) is 0 Å². The van der Waals surface area contributed by atoms with E-state index in [2.05, 4.69) is 12.1 Å². The second-order valence-electron chi connectivity index (χ2n) is 8.07. The first-order valence-corrected chi connectivity index (χ1v) is 10.3. The van der Waals surface area contributed by atoms with E-state index in [0.29, 0.717) is 5.56 Å². The van der Waals surface area contributed by atoms with Gasteiger partial charge in [-0.15, -0.1) is 0 Å². The van der Waals surface area contributed by atoms with Crippen molar-refractivity contribution in [2.45, 2.75) is 18.0 Å². The monoisotopic (exact) mass is 419 g/mol. The average molecular weight is 419 g/mol. The van der Waals surface area contributed by atoms with Gasteiger partial charge in [0.25, 0.3) is 0 Å². The van der Waals surface area contributed by atoms with Crippen LogP contribution in [0.1, 0.15) is 27.4 Å². The van der Waals surface area contributed by atoms with Crippen molar-refractivity contribution in [1.82, 2.24) is 0 Å². The summed E-state index contributed by atoms with van der Waals surface area (Å²) in [4.78, 5) is 15.8. The number of carbonyl (C=O) groups excluding carboxylic acids is 1. The Morgan fingerprint density at radius 3 is 2.25 bits per heavy atom. The highest BCUT2D eigenvalue weighted by Crippen LogP contribution is 2.55. The summed E-state index contributed by atoms with van der Waals surface area (Å²) in [5.74, 6) is -1.38. The lowest BCUT2D eigenvalue weighted by Gasteiger charge is -2.35. The van der Waals surface area contributed by atoms with Crippen LogP contribution in [0.2, 0.25) is 0 Å². The summed E-state index contributed by atoms with van der Waals surface area (Å²) >= 11 is 0.